The third-order valence-corrected chi connectivity index (χ3v) is 5.31. The van der Waals surface area contributed by atoms with Crippen molar-refractivity contribution in [2.75, 3.05) is 24.2 Å². The van der Waals surface area contributed by atoms with E-state index >= 15 is 0 Å². The summed E-state index contributed by atoms with van der Waals surface area (Å²) in [5, 5.41) is 6.45. The number of rotatable bonds is 6. The lowest BCUT2D eigenvalue weighted by atomic mass is 10.1. The minimum atomic E-state index is -0.482. The molecule has 1 unspecified atom stereocenters. The van der Waals surface area contributed by atoms with Gasteiger partial charge in [0.2, 0.25) is 11.8 Å². The van der Waals surface area contributed by atoms with Crippen LogP contribution in [0.3, 0.4) is 0 Å². The fourth-order valence-corrected chi connectivity index (χ4v) is 3.27. The van der Waals surface area contributed by atoms with E-state index < -0.39 is 6.04 Å². The molecule has 2 aromatic carbocycles. The molecule has 0 aliphatic carbocycles. The molecular weight excluding hydrogens is 374 g/mol. The van der Waals surface area contributed by atoms with E-state index in [4.69, 9.17) is 11.6 Å². The summed E-state index contributed by atoms with van der Waals surface area (Å²) in [6.45, 7) is 9.71. The highest BCUT2D eigenvalue weighted by Gasteiger charge is 2.21. The van der Waals surface area contributed by atoms with Crippen molar-refractivity contribution >= 4 is 34.8 Å². The van der Waals surface area contributed by atoms with E-state index in [1.54, 1.807) is 31.0 Å². The first-order chi connectivity index (χ1) is 13.1. The van der Waals surface area contributed by atoms with Gasteiger partial charge in [0.25, 0.3) is 0 Å². The fourth-order valence-electron chi connectivity index (χ4n) is 3.10. The number of carbonyl (C=O) groups excluding carboxylic acids is 2. The Kier molecular flexibility index (Phi) is 7.22. The molecule has 0 saturated carbocycles. The molecule has 2 N–H and O–H groups in total. The predicted octanol–water partition coefficient (Wildman–Crippen LogP) is 4.47. The maximum absolute atomic E-state index is 12.6. The smallest absolute Gasteiger partial charge is 0.241 e. The van der Waals surface area contributed by atoms with Crippen molar-refractivity contribution < 1.29 is 9.59 Å². The number of nitrogens with zero attached hydrogens (tertiary/aromatic N) is 1. The number of likely N-dealkylation sites (N-methyl/N-ethyl adjacent to an activating group) is 1. The van der Waals surface area contributed by atoms with E-state index in [0.29, 0.717) is 10.7 Å². The zero-order valence-corrected chi connectivity index (χ0v) is 18.1. The van der Waals surface area contributed by atoms with E-state index in [-0.39, 0.29) is 18.4 Å². The van der Waals surface area contributed by atoms with Crippen LogP contribution in [0.2, 0.25) is 5.02 Å². The summed E-state index contributed by atoms with van der Waals surface area (Å²) in [5.41, 5.74) is 5.53. The van der Waals surface area contributed by atoms with Crippen LogP contribution in [-0.2, 0) is 9.59 Å². The normalized spacial score (nSPS) is 12.0. The fraction of sp³-hybridized carbons (Fsp3) is 0.364. The Labute approximate surface area is 172 Å². The molecule has 2 aromatic rings. The van der Waals surface area contributed by atoms with Gasteiger partial charge < -0.3 is 10.6 Å². The van der Waals surface area contributed by atoms with Crippen molar-refractivity contribution in [2.24, 2.45) is 0 Å². The van der Waals surface area contributed by atoms with Crippen molar-refractivity contribution in [3.05, 3.63) is 57.6 Å². The Balaban J connectivity index is 1.99. The highest BCUT2D eigenvalue weighted by Crippen LogP contribution is 2.24. The Hall–Kier alpha value is -2.37. The Morgan fingerprint density at radius 2 is 1.68 bits per heavy atom. The first kappa shape index (κ1) is 21.9. The molecule has 0 bridgehead atoms. The first-order valence-electron chi connectivity index (χ1n) is 9.24. The van der Waals surface area contributed by atoms with Crippen LogP contribution in [0.15, 0.2) is 30.3 Å². The van der Waals surface area contributed by atoms with Gasteiger partial charge in [-0.1, -0.05) is 35.4 Å². The summed E-state index contributed by atoms with van der Waals surface area (Å²) in [4.78, 5) is 26.8. The second-order valence-electron chi connectivity index (χ2n) is 7.31. The van der Waals surface area contributed by atoms with Crippen LogP contribution >= 0.6 is 11.6 Å². The molecule has 5 nitrogen and oxygen atoms in total. The average Bonchev–Trinajstić information content (AvgIpc) is 2.61. The Morgan fingerprint density at radius 3 is 2.29 bits per heavy atom. The third-order valence-electron chi connectivity index (χ3n) is 4.90. The molecule has 150 valence electrons. The van der Waals surface area contributed by atoms with Crippen molar-refractivity contribution in [1.29, 1.82) is 0 Å². The Morgan fingerprint density at radius 1 is 1.07 bits per heavy atom. The maximum Gasteiger partial charge on any atom is 0.241 e. The van der Waals surface area contributed by atoms with Crippen LogP contribution in [-0.4, -0.2) is 36.3 Å². The molecule has 6 heteroatoms. The van der Waals surface area contributed by atoms with Gasteiger partial charge in [0.15, 0.2) is 0 Å². The number of amides is 2. The van der Waals surface area contributed by atoms with E-state index in [0.717, 1.165) is 27.9 Å². The first-order valence-corrected chi connectivity index (χ1v) is 9.62. The monoisotopic (exact) mass is 401 g/mol. The summed E-state index contributed by atoms with van der Waals surface area (Å²) < 4.78 is 0. The van der Waals surface area contributed by atoms with E-state index in [2.05, 4.69) is 10.6 Å². The number of anilines is 2. The minimum absolute atomic E-state index is 0.107. The molecule has 0 aromatic heterocycles. The van der Waals surface area contributed by atoms with Crippen LogP contribution in [0.25, 0.3) is 0 Å². The lowest BCUT2D eigenvalue weighted by molar-refractivity contribution is -0.122. The predicted molar refractivity (Wildman–Crippen MR) is 116 cm³/mol. The topological polar surface area (TPSA) is 61.4 Å². The van der Waals surface area contributed by atoms with E-state index in [9.17, 15) is 9.59 Å². The highest BCUT2D eigenvalue weighted by molar-refractivity contribution is 6.31. The summed E-state index contributed by atoms with van der Waals surface area (Å²) in [5.74, 6) is -0.348. The van der Waals surface area contributed by atoms with Crippen LogP contribution in [0.1, 0.15) is 29.2 Å². The van der Waals surface area contributed by atoms with E-state index in [1.165, 1.54) is 0 Å². The summed E-state index contributed by atoms with van der Waals surface area (Å²) in [6, 6.07) is 8.97. The summed E-state index contributed by atoms with van der Waals surface area (Å²) in [7, 11) is 1.75. The number of aryl methyl sites for hydroxylation is 3. The lowest BCUT2D eigenvalue weighted by Gasteiger charge is -2.24. The SMILES string of the molecule is Cc1cc(C)c(NC(=O)CN(C)C(C)C(=O)Nc2cccc(Cl)c2C)c(C)c1. The Bertz CT molecular complexity index is 872. The summed E-state index contributed by atoms with van der Waals surface area (Å²) in [6.07, 6.45) is 0. The van der Waals surface area contributed by atoms with Crippen molar-refractivity contribution in [1.82, 2.24) is 4.90 Å². The van der Waals surface area contributed by atoms with Crippen molar-refractivity contribution in [3.63, 3.8) is 0 Å². The highest BCUT2D eigenvalue weighted by atomic mass is 35.5. The molecule has 0 spiro atoms. The van der Waals surface area contributed by atoms with Gasteiger partial charge in [0.05, 0.1) is 12.6 Å². The molecule has 0 aliphatic rings. The van der Waals surface area contributed by atoms with Gasteiger partial charge in [0.1, 0.15) is 0 Å². The number of hydrogen-bond acceptors (Lipinski definition) is 3. The third kappa shape index (κ3) is 5.33. The number of halogens is 1. The zero-order valence-electron chi connectivity index (χ0n) is 17.3. The number of carbonyl (C=O) groups is 2. The van der Waals surface area contributed by atoms with Crippen LogP contribution < -0.4 is 10.6 Å². The number of benzene rings is 2. The van der Waals surface area contributed by atoms with Crippen molar-refractivity contribution in [3.8, 4) is 0 Å². The molecule has 28 heavy (non-hydrogen) atoms. The van der Waals surface area contributed by atoms with E-state index in [1.807, 2.05) is 45.9 Å². The molecule has 2 amide bonds. The largest absolute Gasteiger partial charge is 0.324 e. The minimum Gasteiger partial charge on any atom is -0.324 e. The summed E-state index contributed by atoms with van der Waals surface area (Å²) >= 11 is 6.11. The quantitative estimate of drug-likeness (QED) is 0.750. The number of hydrogen-bond donors (Lipinski definition) is 2. The molecule has 0 fully saturated rings. The second-order valence-corrected chi connectivity index (χ2v) is 7.72. The van der Waals surface area contributed by atoms with Gasteiger partial charge in [-0.05, 0) is 70.5 Å². The molecule has 0 radical (unpaired) electrons. The molecule has 2 rings (SSSR count). The number of nitrogens with one attached hydrogen (secondary N) is 2. The second kappa shape index (κ2) is 9.22. The van der Waals surface area contributed by atoms with Crippen molar-refractivity contribution in [2.45, 2.75) is 40.7 Å². The van der Waals surface area contributed by atoms with Crippen LogP contribution in [0.4, 0.5) is 11.4 Å². The lowest BCUT2D eigenvalue weighted by Crippen LogP contribution is -2.43. The van der Waals surface area contributed by atoms with Gasteiger partial charge in [0, 0.05) is 16.4 Å². The molecule has 1 atom stereocenters. The van der Waals surface area contributed by atoms with Gasteiger partial charge in [-0.15, -0.1) is 0 Å². The van der Waals surface area contributed by atoms with Crippen LogP contribution in [0.5, 0.6) is 0 Å². The average molecular weight is 402 g/mol. The standard InChI is InChI=1S/C22H28ClN3O2/c1-13-10-14(2)21(15(3)11-13)25-20(27)12-26(6)17(5)22(28)24-19-9-7-8-18(23)16(19)4/h7-11,17H,12H2,1-6H3,(H,24,28)(H,25,27). The van der Waals surface area contributed by atoms with Gasteiger partial charge in [-0.25, -0.2) is 0 Å². The molecule has 0 heterocycles. The van der Waals surface area contributed by atoms with Gasteiger partial charge in [-0.2, -0.15) is 0 Å². The van der Waals surface area contributed by atoms with Crippen LogP contribution in [0, 0.1) is 27.7 Å². The van der Waals surface area contributed by atoms with Gasteiger partial charge >= 0.3 is 0 Å². The molecule has 0 aliphatic heterocycles. The molecule has 0 saturated heterocycles. The zero-order chi connectivity index (χ0) is 21.0. The molecular formula is C22H28ClN3O2. The maximum atomic E-state index is 12.6. The van der Waals surface area contributed by atoms with Gasteiger partial charge in [-0.3, -0.25) is 14.5 Å².